The van der Waals surface area contributed by atoms with Crippen molar-refractivity contribution in [3.8, 4) is 0 Å². The van der Waals surface area contributed by atoms with E-state index in [4.69, 9.17) is 0 Å². The molecule has 1 saturated carbocycles. The molecule has 0 aromatic carbocycles. The summed E-state index contributed by atoms with van der Waals surface area (Å²) in [5.41, 5.74) is 2.19. The Morgan fingerprint density at radius 2 is 2.24 bits per heavy atom. The van der Waals surface area contributed by atoms with Crippen molar-refractivity contribution < 1.29 is 4.79 Å². The molecule has 2 atom stereocenters. The van der Waals surface area contributed by atoms with Gasteiger partial charge in [-0.05, 0) is 37.5 Å². The molecule has 0 spiro atoms. The molecule has 1 saturated heterocycles. The minimum absolute atomic E-state index is 0.147. The number of rotatable bonds is 4. The molecular weight excluding hydrogens is 232 g/mol. The van der Waals surface area contributed by atoms with Gasteiger partial charge >= 0.3 is 0 Å². The zero-order chi connectivity index (χ0) is 12.3. The summed E-state index contributed by atoms with van der Waals surface area (Å²) in [7, 11) is 0. The average molecular weight is 254 g/mol. The van der Waals surface area contributed by atoms with Gasteiger partial charge in [0.25, 0.3) is 0 Å². The molecule has 2 rings (SSSR count). The van der Waals surface area contributed by atoms with Crippen LogP contribution >= 0.6 is 11.8 Å². The molecule has 2 fully saturated rings. The molecule has 0 radical (unpaired) electrons. The summed E-state index contributed by atoms with van der Waals surface area (Å²) in [6.45, 7) is 5.92. The lowest BCUT2D eigenvalue weighted by Gasteiger charge is -2.22. The van der Waals surface area contributed by atoms with Crippen LogP contribution in [-0.2, 0) is 4.79 Å². The zero-order valence-corrected chi connectivity index (χ0v) is 11.5. The topological polar surface area (TPSA) is 41.1 Å². The first kappa shape index (κ1) is 13.0. The molecule has 4 heteroatoms. The SMILES string of the molecule is CCSC1CCC(NC(=O)C(C)=C2CNC2)C1. The predicted octanol–water partition coefficient (Wildman–Crippen LogP) is 1.70. The van der Waals surface area contributed by atoms with Crippen LogP contribution in [0.5, 0.6) is 0 Å². The van der Waals surface area contributed by atoms with E-state index in [0.717, 1.165) is 36.8 Å². The summed E-state index contributed by atoms with van der Waals surface area (Å²) >= 11 is 2.03. The highest BCUT2D eigenvalue weighted by Gasteiger charge is 2.26. The van der Waals surface area contributed by atoms with Crippen molar-refractivity contribution in [2.45, 2.75) is 44.4 Å². The highest BCUT2D eigenvalue weighted by molar-refractivity contribution is 7.99. The van der Waals surface area contributed by atoms with E-state index in [1.165, 1.54) is 17.7 Å². The maximum Gasteiger partial charge on any atom is 0.247 e. The van der Waals surface area contributed by atoms with E-state index in [1.807, 2.05) is 18.7 Å². The third kappa shape index (κ3) is 3.26. The Labute approximate surface area is 108 Å². The van der Waals surface area contributed by atoms with E-state index < -0.39 is 0 Å². The molecule has 0 aromatic heterocycles. The minimum Gasteiger partial charge on any atom is -0.350 e. The first-order valence-corrected chi connectivity index (χ1v) is 7.57. The second-order valence-corrected chi connectivity index (χ2v) is 6.47. The van der Waals surface area contributed by atoms with E-state index in [-0.39, 0.29) is 5.91 Å². The highest BCUT2D eigenvalue weighted by Crippen LogP contribution is 2.29. The molecule has 1 amide bonds. The minimum atomic E-state index is 0.147. The molecule has 2 N–H and O–H groups in total. The summed E-state index contributed by atoms with van der Waals surface area (Å²) in [6.07, 6.45) is 3.54. The van der Waals surface area contributed by atoms with Crippen LogP contribution in [0, 0.1) is 0 Å². The van der Waals surface area contributed by atoms with Crippen LogP contribution in [-0.4, -0.2) is 36.0 Å². The molecule has 2 unspecified atom stereocenters. The summed E-state index contributed by atoms with van der Waals surface area (Å²) in [6, 6.07) is 0.398. The summed E-state index contributed by atoms with van der Waals surface area (Å²) in [4.78, 5) is 12.0. The standard InChI is InChI=1S/C13H22N2OS/c1-3-17-12-5-4-11(6-12)15-13(16)9(2)10-7-14-8-10/h11-12,14H,3-8H2,1-2H3,(H,15,16). The highest BCUT2D eigenvalue weighted by atomic mass is 32.2. The number of hydrogen-bond acceptors (Lipinski definition) is 3. The van der Waals surface area contributed by atoms with Gasteiger partial charge in [0.1, 0.15) is 0 Å². The Kier molecular flexibility index (Phi) is 4.51. The Hall–Kier alpha value is -0.480. The molecule has 1 aliphatic heterocycles. The van der Waals surface area contributed by atoms with Gasteiger partial charge in [-0.25, -0.2) is 0 Å². The molecule has 0 aromatic rings. The van der Waals surface area contributed by atoms with Crippen LogP contribution in [0.4, 0.5) is 0 Å². The molecule has 1 heterocycles. The van der Waals surface area contributed by atoms with E-state index >= 15 is 0 Å². The maximum absolute atomic E-state index is 12.0. The van der Waals surface area contributed by atoms with Gasteiger partial charge < -0.3 is 10.6 Å². The molecule has 3 nitrogen and oxygen atoms in total. The predicted molar refractivity (Wildman–Crippen MR) is 73.3 cm³/mol. The Morgan fingerprint density at radius 1 is 1.47 bits per heavy atom. The van der Waals surface area contributed by atoms with Gasteiger partial charge in [-0.3, -0.25) is 4.79 Å². The van der Waals surface area contributed by atoms with Crippen LogP contribution in [0.15, 0.2) is 11.1 Å². The molecule has 2 aliphatic rings. The number of carbonyl (C=O) groups is 1. The fraction of sp³-hybridized carbons (Fsp3) is 0.769. The lowest BCUT2D eigenvalue weighted by atomic mass is 10.0. The number of carbonyl (C=O) groups excluding carboxylic acids is 1. The van der Waals surface area contributed by atoms with Crippen molar-refractivity contribution in [1.29, 1.82) is 0 Å². The van der Waals surface area contributed by atoms with Crippen LogP contribution in [0.3, 0.4) is 0 Å². The van der Waals surface area contributed by atoms with E-state index in [0.29, 0.717) is 6.04 Å². The van der Waals surface area contributed by atoms with Gasteiger partial charge in [-0.1, -0.05) is 6.92 Å². The second-order valence-electron chi connectivity index (χ2n) is 4.89. The molecular formula is C13H22N2OS. The van der Waals surface area contributed by atoms with E-state index in [2.05, 4.69) is 17.6 Å². The van der Waals surface area contributed by atoms with Gasteiger partial charge in [-0.2, -0.15) is 11.8 Å². The summed E-state index contributed by atoms with van der Waals surface area (Å²) < 4.78 is 0. The second kappa shape index (κ2) is 5.91. The summed E-state index contributed by atoms with van der Waals surface area (Å²) in [5.74, 6) is 1.33. The number of hydrogen-bond donors (Lipinski definition) is 2. The molecule has 96 valence electrons. The smallest absolute Gasteiger partial charge is 0.247 e. The molecule has 1 aliphatic carbocycles. The van der Waals surface area contributed by atoms with Crippen LogP contribution in [0.2, 0.25) is 0 Å². The largest absolute Gasteiger partial charge is 0.350 e. The van der Waals surface area contributed by atoms with Crippen LogP contribution in [0.1, 0.15) is 33.1 Å². The third-order valence-corrected chi connectivity index (χ3v) is 4.90. The fourth-order valence-electron chi connectivity index (χ4n) is 2.43. The van der Waals surface area contributed by atoms with E-state index in [9.17, 15) is 4.79 Å². The molecule has 0 bridgehead atoms. The normalized spacial score (nSPS) is 27.8. The lowest BCUT2D eigenvalue weighted by Crippen LogP contribution is -2.39. The van der Waals surface area contributed by atoms with Crippen LogP contribution in [0.25, 0.3) is 0 Å². The van der Waals surface area contributed by atoms with Gasteiger partial charge in [0, 0.05) is 30.0 Å². The number of amides is 1. The Balaban J connectivity index is 1.80. The monoisotopic (exact) mass is 254 g/mol. The lowest BCUT2D eigenvalue weighted by molar-refractivity contribution is -0.118. The Morgan fingerprint density at radius 3 is 2.82 bits per heavy atom. The fourth-order valence-corrected chi connectivity index (χ4v) is 3.57. The third-order valence-electron chi connectivity index (χ3n) is 3.67. The average Bonchev–Trinajstić information content (AvgIpc) is 2.63. The number of nitrogens with one attached hydrogen (secondary N) is 2. The van der Waals surface area contributed by atoms with Crippen molar-refractivity contribution in [1.82, 2.24) is 10.6 Å². The molecule has 17 heavy (non-hydrogen) atoms. The van der Waals surface area contributed by atoms with Crippen molar-refractivity contribution in [3.05, 3.63) is 11.1 Å². The quantitative estimate of drug-likeness (QED) is 0.750. The maximum atomic E-state index is 12.0. The van der Waals surface area contributed by atoms with Gasteiger partial charge in [-0.15, -0.1) is 0 Å². The summed E-state index contributed by atoms with van der Waals surface area (Å²) in [5, 5.41) is 7.10. The van der Waals surface area contributed by atoms with Gasteiger partial charge in [0.05, 0.1) is 0 Å². The first-order chi connectivity index (χ1) is 8.20. The van der Waals surface area contributed by atoms with Crippen molar-refractivity contribution in [3.63, 3.8) is 0 Å². The van der Waals surface area contributed by atoms with Crippen molar-refractivity contribution >= 4 is 17.7 Å². The van der Waals surface area contributed by atoms with Crippen molar-refractivity contribution in [2.24, 2.45) is 0 Å². The van der Waals surface area contributed by atoms with Crippen molar-refractivity contribution in [2.75, 3.05) is 18.8 Å². The van der Waals surface area contributed by atoms with Gasteiger partial charge in [0.2, 0.25) is 5.91 Å². The van der Waals surface area contributed by atoms with Crippen LogP contribution < -0.4 is 10.6 Å². The zero-order valence-electron chi connectivity index (χ0n) is 10.7. The van der Waals surface area contributed by atoms with Gasteiger partial charge in [0.15, 0.2) is 0 Å². The Bertz CT molecular complexity index is 321. The van der Waals surface area contributed by atoms with E-state index in [1.54, 1.807) is 0 Å². The first-order valence-electron chi connectivity index (χ1n) is 6.52. The number of thioether (sulfide) groups is 1.